The van der Waals surface area contributed by atoms with Crippen molar-refractivity contribution in [1.29, 1.82) is 0 Å². The molecule has 0 bridgehead atoms. The second kappa shape index (κ2) is 8.16. The maximum absolute atomic E-state index is 12.1. The molecule has 22 heavy (non-hydrogen) atoms. The molecule has 1 heterocycles. The molecule has 1 aromatic carbocycles. The average Bonchev–Trinajstić information content (AvgIpc) is 2.55. The number of amides is 1. The first-order chi connectivity index (χ1) is 10.5. The fourth-order valence-corrected chi connectivity index (χ4v) is 2.82. The zero-order chi connectivity index (χ0) is 16.1. The molecule has 122 valence electrons. The van der Waals surface area contributed by atoms with E-state index in [0.29, 0.717) is 23.2 Å². The molecule has 1 aliphatic heterocycles. The minimum absolute atomic E-state index is 0.103. The van der Waals surface area contributed by atoms with Gasteiger partial charge >= 0.3 is 0 Å². The summed E-state index contributed by atoms with van der Waals surface area (Å²) in [6.07, 6.45) is 1.88. The highest BCUT2D eigenvalue weighted by atomic mass is 35.5. The van der Waals surface area contributed by atoms with Crippen LogP contribution in [0.4, 0.5) is 0 Å². The molecular weight excluding hydrogens is 323 g/mol. The number of halogens is 2. The summed E-state index contributed by atoms with van der Waals surface area (Å²) < 4.78 is 5.91. The van der Waals surface area contributed by atoms with Crippen molar-refractivity contribution >= 4 is 29.1 Å². The van der Waals surface area contributed by atoms with Crippen LogP contribution in [0, 0.1) is 5.92 Å². The molecule has 0 spiro atoms. The van der Waals surface area contributed by atoms with Gasteiger partial charge in [-0.25, -0.2) is 0 Å². The Hall–Kier alpha value is -0.810. The van der Waals surface area contributed by atoms with Crippen LogP contribution in [0.15, 0.2) is 18.2 Å². The number of nitrogens with two attached hydrogens (primary N) is 1. The summed E-state index contributed by atoms with van der Waals surface area (Å²) in [6.45, 7) is 4.24. The van der Waals surface area contributed by atoms with E-state index >= 15 is 0 Å². The average molecular weight is 345 g/mol. The van der Waals surface area contributed by atoms with E-state index in [-0.39, 0.29) is 17.9 Å². The highest BCUT2D eigenvalue weighted by Gasteiger charge is 2.25. The van der Waals surface area contributed by atoms with Crippen molar-refractivity contribution in [1.82, 2.24) is 4.90 Å². The maximum Gasteiger partial charge on any atom is 0.226 e. The van der Waals surface area contributed by atoms with Crippen molar-refractivity contribution in [2.45, 2.75) is 32.5 Å². The van der Waals surface area contributed by atoms with E-state index in [4.69, 9.17) is 33.7 Å². The number of hydrogen-bond acceptors (Lipinski definition) is 3. The lowest BCUT2D eigenvalue weighted by Gasteiger charge is -2.33. The lowest BCUT2D eigenvalue weighted by molar-refractivity contribution is -0.137. The Morgan fingerprint density at radius 2 is 2.05 bits per heavy atom. The SMILES string of the molecule is CC(CN)C(=O)N1CCC(OCc2ccc(Cl)c(Cl)c2)CC1. The molecule has 4 nitrogen and oxygen atoms in total. The van der Waals surface area contributed by atoms with Crippen molar-refractivity contribution in [2.75, 3.05) is 19.6 Å². The molecule has 2 rings (SSSR count). The number of hydrogen-bond donors (Lipinski definition) is 1. The van der Waals surface area contributed by atoms with E-state index in [1.54, 1.807) is 6.07 Å². The molecule has 1 unspecified atom stereocenters. The summed E-state index contributed by atoms with van der Waals surface area (Å²) >= 11 is 11.9. The Bertz CT molecular complexity index is 517. The number of rotatable bonds is 5. The van der Waals surface area contributed by atoms with Gasteiger partial charge in [-0.3, -0.25) is 4.79 Å². The lowest BCUT2D eigenvalue weighted by Crippen LogP contribution is -2.44. The fourth-order valence-electron chi connectivity index (χ4n) is 2.50. The molecule has 0 radical (unpaired) electrons. The van der Waals surface area contributed by atoms with Crippen LogP contribution >= 0.6 is 23.2 Å². The van der Waals surface area contributed by atoms with Gasteiger partial charge in [-0.2, -0.15) is 0 Å². The molecule has 2 N–H and O–H groups in total. The standard InChI is InChI=1S/C16H22Cl2N2O2/c1-11(9-19)16(21)20-6-4-13(5-7-20)22-10-12-2-3-14(17)15(18)8-12/h2-3,8,11,13H,4-7,9-10,19H2,1H3. The van der Waals surface area contributed by atoms with Gasteiger partial charge in [0.25, 0.3) is 0 Å². The van der Waals surface area contributed by atoms with Gasteiger partial charge in [-0.05, 0) is 30.5 Å². The third-order valence-electron chi connectivity index (χ3n) is 4.00. The normalized spacial score (nSPS) is 17.5. The number of piperidine rings is 1. The Balaban J connectivity index is 1.78. The van der Waals surface area contributed by atoms with Gasteiger partial charge in [0.15, 0.2) is 0 Å². The van der Waals surface area contributed by atoms with Gasteiger partial charge in [0.2, 0.25) is 5.91 Å². The van der Waals surface area contributed by atoms with Crippen molar-refractivity contribution in [3.05, 3.63) is 33.8 Å². The molecule has 1 amide bonds. The predicted octanol–water partition coefficient (Wildman–Crippen LogP) is 3.10. The maximum atomic E-state index is 12.1. The number of benzene rings is 1. The molecular formula is C16H22Cl2N2O2. The second-order valence-corrected chi connectivity index (χ2v) is 6.54. The summed E-state index contributed by atoms with van der Waals surface area (Å²) in [7, 11) is 0. The first-order valence-corrected chi connectivity index (χ1v) is 8.31. The number of likely N-dealkylation sites (tertiary alicyclic amines) is 1. The van der Waals surface area contributed by atoms with Gasteiger partial charge in [-0.1, -0.05) is 36.2 Å². The smallest absolute Gasteiger partial charge is 0.226 e. The van der Waals surface area contributed by atoms with Gasteiger partial charge in [0, 0.05) is 25.6 Å². The van der Waals surface area contributed by atoms with E-state index in [1.165, 1.54) is 0 Å². The summed E-state index contributed by atoms with van der Waals surface area (Å²) in [5.74, 6) is 0.0408. The molecule has 0 aliphatic carbocycles. The van der Waals surface area contributed by atoms with Crippen LogP contribution in [0.3, 0.4) is 0 Å². The summed E-state index contributed by atoms with van der Waals surface area (Å²) in [5, 5.41) is 1.09. The van der Waals surface area contributed by atoms with Gasteiger partial charge in [0.05, 0.1) is 22.8 Å². The van der Waals surface area contributed by atoms with E-state index in [9.17, 15) is 4.79 Å². The van der Waals surface area contributed by atoms with Gasteiger partial charge in [0.1, 0.15) is 0 Å². The first-order valence-electron chi connectivity index (χ1n) is 7.55. The van der Waals surface area contributed by atoms with Crippen LogP contribution in [0.2, 0.25) is 10.0 Å². The monoisotopic (exact) mass is 344 g/mol. The molecule has 0 saturated carbocycles. The Morgan fingerprint density at radius 3 is 2.64 bits per heavy atom. The van der Waals surface area contributed by atoms with E-state index in [1.807, 2.05) is 24.0 Å². The zero-order valence-corrected chi connectivity index (χ0v) is 14.2. The molecule has 1 fully saturated rings. The van der Waals surface area contributed by atoms with Crippen LogP contribution in [-0.2, 0) is 16.1 Å². The third-order valence-corrected chi connectivity index (χ3v) is 4.74. The molecule has 1 atom stereocenters. The van der Waals surface area contributed by atoms with E-state index in [2.05, 4.69) is 0 Å². The summed E-state index contributed by atoms with van der Waals surface area (Å²) in [6, 6.07) is 5.51. The largest absolute Gasteiger partial charge is 0.373 e. The van der Waals surface area contributed by atoms with E-state index < -0.39 is 0 Å². The third kappa shape index (κ3) is 4.59. The minimum atomic E-state index is -0.103. The number of ether oxygens (including phenoxy) is 1. The van der Waals surface area contributed by atoms with Crippen molar-refractivity contribution in [2.24, 2.45) is 11.7 Å². The molecule has 6 heteroatoms. The van der Waals surface area contributed by atoms with Gasteiger partial charge < -0.3 is 15.4 Å². The van der Waals surface area contributed by atoms with Crippen LogP contribution < -0.4 is 5.73 Å². The minimum Gasteiger partial charge on any atom is -0.373 e. The highest BCUT2D eigenvalue weighted by molar-refractivity contribution is 6.42. The van der Waals surface area contributed by atoms with Crippen molar-refractivity contribution in [3.63, 3.8) is 0 Å². The second-order valence-electron chi connectivity index (χ2n) is 5.72. The molecule has 1 aromatic rings. The van der Waals surface area contributed by atoms with Crippen LogP contribution in [-0.4, -0.2) is 36.5 Å². The molecule has 1 aliphatic rings. The highest BCUT2D eigenvalue weighted by Crippen LogP contribution is 2.24. The zero-order valence-electron chi connectivity index (χ0n) is 12.7. The van der Waals surface area contributed by atoms with Crippen molar-refractivity contribution in [3.8, 4) is 0 Å². The Kier molecular flexibility index (Phi) is 6.50. The van der Waals surface area contributed by atoms with E-state index in [0.717, 1.165) is 31.5 Å². The number of carbonyl (C=O) groups is 1. The number of nitrogens with zero attached hydrogens (tertiary/aromatic N) is 1. The van der Waals surface area contributed by atoms with Crippen LogP contribution in [0.5, 0.6) is 0 Å². The predicted molar refractivity (Wildman–Crippen MR) is 89.1 cm³/mol. The lowest BCUT2D eigenvalue weighted by atomic mass is 10.0. The summed E-state index contributed by atoms with van der Waals surface area (Å²) in [4.78, 5) is 13.9. The molecule has 1 saturated heterocycles. The molecule has 0 aromatic heterocycles. The Morgan fingerprint density at radius 1 is 1.36 bits per heavy atom. The first kappa shape index (κ1) is 17.5. The fraction of sp³-hybridized carbons (Fsp3) is 0.562. The number of carbonyl (C=O) groups excluding carboxylic acids is 1. The topological polar surface area (TPSA) is 55.6 Å². The van der Waals surface area contributed by atoms with Crippen molar-refractivity contribution < 1.29 is 9.53 Å². The summed E-state index contributed by atoms with van der Waals surface area (Å²) in [5.41, 5.74) is 6.55. The van der Waals surface area contributed by atoms with Crippen LogP contribution in [0.1, 0.15) is 25.3 Å². The van der Waals surface area contributed by atoms with Crippen LogP contribution in [0.25, 0.3) is 0 Å². The quantitative estimate of drug-likeness (QED) is 0.892. The Labute approximate surface area is 141 Å². The van der Waals surface area contributed by atoms with Gasteiger partial charge in [-0.15, -0.1) is 0 Å².